The minimum atomic E-state index is -3.72. The van der Waals surface area contributed by atoms with Crippen LogP contribution in [0.3, 0.4) is 0 Å². The summed E-state index contributed by atoms with van der Waals surface area (Å²) < 4.78 is 37.0. The molecule has 4 rings (SSSR count). The molecule has 0 unspecified atom stereocenters. The van der Waals surface area contributed by atoms with Crippen LogP contribution in [0, 0.1) is 0 Å². The molecule has 0 aliphatic carbocycles. The zero-order chi connectivity index (χ0) is 17.6. The summed E-state index contributed by atoms with van der Waals surface area (Å²) in [6, 6.07) is 9.48. The lowest BCUT2D eigenvalue weighted by atomic mass is 10.1. The number of methoxy groups -OCH3 is 1. The third-order valence-electron chi connectivity index (χ3n) is 4.40. The lowest BCUT2D eigenvalue weighted by molar-refractivity contribution is 0.413. The molecule has 8 heteroatoms. The molecule has 1 N–H and O–H groups in total. The summed E-state index contributed by atoms with van der Waals surface area (Å²) in [5.41, 5.74) is 1.52. The van der Waals surface area contributed by atoms with Gasteiger partial charge in [-0.3, -0.25) is 0 Å². The van der Waals surface area contributed by atoms with Crippen LogP contribution in [0.4, 0.5) is 0 Å². The van der Waals surface area contributed by atoms with Crippen LogP contribution in [0.15, 0.2) is 50.6 Å². The van der Waals surface area contributed by atoms with Crippen LogP contribution in [0.5, 0.6) is 5.75 Å². The van der Waals surface area contributed by atoms with Gasteiger partial charge in [0.1, 0.15) is 11.5 Å². The van der Waals surface area contributed by atoms with Crippen molar-refractivity contribution in [2.75, 3.05) is 13.7 Å². The minimum absolute atomic E-state index is 0. The van der Waals surface area contributed by atoms with Crippen LogP contribution in [-0.2, 0) is 22.8 Å². The van der Waals surface area contributed by atoms with Crippen LogP contribution in [0.25, 0.3) is 11.0 Å². The fraction of sp³-hybridized carbons (Fsp3) is 0.222. The lowest BCUT2D eigenvalue weighted by Crippen LogP contribution is -2.22. The Bertz CT molecular complexity index is 1080. The van der Waals surface area contributed by atoms with Gasteiger partial charge in [0.2, 0.25) is 9.84 Å². The van der Waals surface area contributed by atoms with E-state index in [1.165, 1.54) is 19.2 Å². The maximum absolute atomic E-state index is 13.0. The summed E-state index contributed by atoms with van der Waals surface area (Å²) in [6.45, 7) is 1.47. The highest BCUT2D eigenvalue weighted by molar-refractivity contribution is 7.91. The quantitative estimate of drug-likeness (QED) is 0.702. The van der Waals surface area contributed by atoms with Crippen molar-refractivity contribution in [2.45, 2.75) is 22.8 Å². The molecule has 0 spiro atoms. The predicted octanol–water partition coefficient (Wildman–Crippen LogP) is 4.00. The SMILES string of the molecule is COc1cccc(S(=O)(=O)c2cc(Cl)c3oc4c(c3c2)CNCC4)c1.Cl. The Hall–Kier alpha value is -1.73. The van der Waals surface area contributed by atoms with E-state index < -0.39 is 9.84 Å². The molecule has 1 aliphatic heterocycles. The summed E-state index contributed by atoms with van der Waals surface area (Å²) in [4.78, 5) is 0.310. The molecular weight excluding hydrogens is 397 g/mol. The number of halogens is 2. The van der Waals surface area contributed by atoms with E-state index in [9.17, 15) is 8.42 Å². The number of furan rings is 1. The fourth-order valence-corrected chi connectivity index (χ4v) is 4.77. The first-order valence-electron chi connectivity index (χ1n) is 7.84. The van der Waals surface area contributed by atoms with E-state index in [1.807, 2.05) is 0 Å². The molecule has 5 nitrogen and oxygen atoms in total. The Kier molecular flexibility index (Phi) is 5.21. The van der Waals surface area contributed by atoms with Gasteiger partial charge in [-0.1, -0.05) is 17.7 Å². The van der Waals surface area contributed by atoms with Crippen LogP contribution >= 0.6 is 24.0 Å². The number of nitrogens with one attached hydrogen (secondary N) is 1. The molecule has 0 bridgehead atoms. The third kappa shape index (κ3) is 3.07. The molecule has 0 saturated carbocycles. The van der Waals surface area contributed by atoms with Gasteiger partial charge >= 0.3 is 0 Å². The first-order valence-corrected chi connectivity index (χ1v) is 9.70. The number of hydrogen-bond donors (Lipinski definition) is 1. The number of hydrogen-bond acceptors (Lipinski definition) is 5. The van der Waals surface area contributed by atoms with Crippen LogP contribution in [0.1, 0.15) is 11.3 Å². The molecule has 0 amide bonds. The fourth-order valence-electron chi connectivity index (χ4n) is 3.10. The summed E-state index contributed by atoms with van der Waals surface area (Å²) in [6.07, 6.45) is 0.762. The molecule has 3 aromatic rings. The van der Waals surface area contributed by atoms with Gasteiger partial charge in [0.25, 0.3) is 0 Å². The van der Waals surface area contributed by atoms with Crippen molar-refractivity contribution < 1.29 is 17.6 Å². The number of rotatable bonds is 3. The third-order valence-corrected chi connectivity index (χ3v) is 6.41. The van der Waals surface area contributed by atoms with Crippen LogP contribution in [0.2, 0.25) is 5.02 Å². The predicted molar refractivity (Wildman–Crippen MR) is 102 cm³/mol. The van der Waals surface area contributed by atoms with Gasteiger partial charge in [-0.05, 0) is 30.3 Å². The Labute approximate surface area is 162 Å². The Morgan fingerprint density at radius 1 is 1.19 bits per heavy atom. The topological polar surface area (TPSA) is 68.5 Å². The van der Waals surface area contributed by atoms with Crippen molar-refractivity contribution in [3.05, 3.63) is 52.7 Å². The van der Waals surface area contributed by atoms with Crippen molar-refractivity contribution in [1.29, 1.82) is 0 Å². The van der Waals surface area contributed by atoms with Crippen molar-refractivity contribution in [3.63, 3.8) is 0 Å². The van der Waals surface area contributed by atoms with Gasteiger partial charge in [-0.15, -0.1) is 12.4 Å². The number of ether oxygens (including phenoxy) is 1. The highest BCUT2D eigenvalue weighted by atomic mass is 35.5. The molecule has 2 aromatic carbocycles. The highest BCUT2D eigenvalue weighted by Crippen LogP contribution is 2.36. The average molecular weight is 414 g/mol. The second kappa shape index (κ2) is 7.12. The summed E-state index contributed by atoms with van der Waals surface area (Å²) >= 11 is 6.33. The van der Waals surface area contributed by atoms with Gasteiger partial charge in [0.05, 0.1) is 21.9 Å². The van der Waals surface area contributed by atoms with Crippen LogP contribution in [-0.4, -0.2) is 22.1 Å². The van der Waals surface area contributed by atoms with Gasteiger partial charge in [-0.2, -0.15) is 0 Å². The van der Waals surface area contributed by atoms with E-state index in [0.29, 0.717) is 22.9 Å². The molecule has 2 heterocycles. The smallest absolute Gasteiger partial charge is 0.206 e. The second-order valence-corrected chi connectivity index (χ2v) is 8.25. The summed E-state index contributed by atoms with van der Waals surface area (Å²) in [5, 5.41) is 4.32. The molecule has 1 aliphatic rings. The Morgan fingerprint density at radius 2 is 2.00 bits per heavy atom. The standard InChI is InChI=1S/C18H16ClNO4S.ClH/c1-23-11-3-2-4-12(7-11)25(21,22)13-8-14-15-10-20-6-5-17(15)24-18(14)16(19)9-13;/h2-4,7-9,20H,5-6,10H2,1H3;1H. The van der Waals surface area contributed by atoms with Gasteiger partial charge in [-0.25, -0.2) is 8.42 Å². The van der Waals surface area contributed by atoms with E-state index in [4.69, 9.17) is 20.8 Å². The molecule has 1 aromatic heterocycles. The molecule has 0 fully saturated rings. The lowest BCUT2D eigenvalue weighted by Gasteiger charge is -2.11. The second-order valence-electron chi connectivity index (χ2n) is 5.89. The van der Waals surface area contributed by atoms with E-state index in [2.05, 4.69) is 5.32 Å². The number of benzene rings is 2. The van der Waals surface area contributed by atoms with Crippen molar-refractivity contribution in [3.8, 4) is 5.75 Å². The van der Waals surface area contributed by atoms with Gasteiger partial charge in [0.15, 0.2) is 5.58 Å². The highest BCUT2D eigenvalue weighted by Gasteiger charge is 2.24. The summed E-state index contributed by atoms with van der Waals surface area (Å²) in [7, 11) is -2.22. The number of sulfone groups is 1. The maximum Gasteiger partial charge on any atom is 0.206 e. The minimum Gasteiger partial charge on any atom is -0.497 e. The first-order chi connectivity index (χ1) is 12.0. The normalized spacial score (nSPS) is 13.9. The van der Waals surface area contributed by atoms with Crippen LogP contribution < -0.4 is 10.1 Å². The summed E-state index contributed by atoms with van der Waals surface area (Å²) in [5.74, 6) is 1.35. The first kappa shape index (κ1) is 19.0. The monoisotopic (exact) mass is 413 g/mol. The largest absolute Gasteiger partial charge is 0.497 e. The molecule has 0 atom stereocenters. The van der Waals surface area contributed by atoms with E-state index in [0.717, 1.165) is 29.7 Å². The molecule has 0 saturated heterocycles. The number of fused-ring (bicyclic) bond motifs is 3. The Balaban J connectivity index is 0.00000196. The van der Waals surface area contributed by atoms with E-state index >= 15 is 0 Å². The average Bonchev–Trinajstić information content (AvgIpc) is 3.01. The van der Waals surface area contributed by atoms with Crippen molar-refractivity contribution in [2.24, 2.45) is 0 Å². The molecule has 138 valence electrons. The maximum atomic E-state index is 13.0. The molecule has 0 radical (unpaired) electrons. The van der Waals surface area contributed by atoms with Gasteiger partial charge < -0.3 is 14.5 Å². The zero-order valence-corrected chi connectivity index (χ0v) is 16.3. The van der Waals surface area contributed by atoms with Gasteiger partial charge in [0, 0.05) is 30.5 Å². The zero-order valence-electron chi connectivity index (χ0n) is 13.9. The van der Waals surface area contributed by atoms with Crippen molar-refractivity contribution in [1.82, 2.24) is 5.32 Å². The Morgan fingerprint density at radius 3 is 2.77 bits per heavy atom. The van der Waals surface area contributed by atoms with E-state index in [1.54, 1.807) is 24.3 Å². The molecular formula is C18H17Cl2NO4S. The molecule has 26 heavy (non-hydrogen) atoms. The van der Waals surface area contributed by atoms with Crippen molar-refractivity contribution >= 4 is 44.8 Å². The van der Waals surface area contributed by atoms with E-state index in [-0.39, 0.29) is 22.2 Å².